The number of rotatable bonds is 5. The van der Waals surface area contributed by atoms with Crippen LogP contribution >= 0.6 is 0 Å². The first-order valence-electron chi connectivity index (χ1n) is 7.24. The van der Waals surface area contributed by atoms with Gasteiger partial charge < -0.3 is 15.2 Å². The lowest BCUT2D eigenvalue weighted by Crippen LogP contribution is -2.66. The Morgan fingerprint density at radius 1 is 1.53 bits per heavy atom. The lowest BCUT2D eigenvalue weighted by atomic mass is 9.51. The number of hydrogen-bond donors (Lipinski definition) is 2. The van der Waals surface area contributed by atoms with E-state index in [9.17, 15) is 5.11 Å². The van der Waals surface area contributed by atoms with E-state index >= 15 is 0 Å². The second-order valence-electron chi connectivity index (χ2n) is 5.67. The van der Waals surface area contributed by atoms with Crippen molar-refractivity contribution in [3.63, 3.8) is 0 Å². The van der Waals surface area contributed by atoms with Crippen LogP contribution in [0.2, 0.25) is 0 Å². The first-order chi connectivity index (χ1) is 9.26. The van der Waals surface area contributed by atoms with Gasteiger partial charge in [0.1, 0.15) is 5.75 Å². The molecule has 2 aliphatic carbocycles. The first-order valence-corrected chi connectivity index (χ1v) is 7.24. The van der Waals surface area contributed by atoms with Crippen LogP contribution in [-0.4, -0.2) is 28.8 Å². The second kappa shape index (κ2) is 5.10. The summed E-state index contributed by atoms with van der Waals surface area (Å²) in [6.07, 6.45) is 7.09. The molecule has 0 bridgehead atoms. The summed E-state index contributed by atoms with van der Waals surface area (Å²) >= 11 is 0. The van der Waals surface area contributed by atoms with Gasteiger partial charge in [0.25, 0.3) is 0 Å². The zero-order valence-corrected chi connectivity index (χ0v) is 11.4. The molecular formula is C15H22N2O2. The number of pyridine rings is 1. The van der Waals surface area contributed by atoms with Crippen LogP contribution in [0.4, 0.5) is 0 Å². The molecular weight excluding hydrogens is 240 g/mol. The van der Waals surface area contributed by atoms with Crippen LogP contribution in [0.3, 0.4) is 0 Å². The Kier molecular flexibility index (Phi) is 3.46. The molecule has 19 heavy (non-hydrogen) atoms. The molecule has 4 nitrogen and oxygen atoms in total. The largest absolute Gasteiger partial charge is 0.506 e. The molecule has 0 unspecified atom stereocenters. The van der Waals surface area contributed by atoms with E-state index < -0.39 is 0 Å². The smallest absolute Gasteiger partial charge is 0.138 e. The average Bonchev–Trinajstić information content (AvgIpc) is 2.32. The molecule has 0 radical (unpaired) electrons. The Morgan fingerprint density at radius 3 is 3.00 bits per heavy atom. The molecule has 1 heterocycles. The lowest BCUT2D eigenvalue weighted by Gasteiger charge is -2.61. The van der Waals surface area contributed by atoms with Gasteiger partial charge >= 0.3 is 0 Å². The van der Waals surface area contributed by atoms with Crippen molar-refractivity contribution >= 4 is 0 Å². The van der Waals surface area contributed by atoms with E-state index in [-0.39, 0.29) is 5.75 Å². The molecule has 2 atom stereocenters. The van der Waals surface area contributed by atoms with Crippen molar-refractivity contribution in [1.29, 1.82) is 0 Å². The van der Waals surface area contributed by atoms with E-state index in [1.54, 1.807) is 18.3 Å². The summed E-state index contributed by atoms with van der Waals surface area (Å²) in [6, 6.07) is 3.95. The number of nitrogens with zero attached hydrogens (tertiary/aromatic N) is 1. The molecule has 4 heteroatoms. The summed E-state index contributed by atoms with van der Waals surface area (Å²) in [6.45, 7) is 3.51. The first kappa shape index (κ1) is 12.9. The van der Waals surface area contributed by atoms with Crippen molar-refractivity contribution < 1.29 is 9.84 Å². The van der Waals surface area contributed by atoms with Gasteiger partial charge in [0, 0.05) is 30.8 Å². The van der Waals surface area contributed by atoms with Gasteiger partial charge in [-0.2, -0.15) is 0 Å². The monoisotopic (exact) mass is 262 g/mol. The van der Waals surface area contributed by atoms with E-state index in [0.717, 1.165) is 18.7 Å². The third-order valence-electron chi connectivity index (χ3n) is 4.82. The fourth-order valence-corrected chi connectivity index (χ4v) is 3.51. The predicted octanol–water partition coefficient (Wildman–Crippen LogP) is 2.22. The SMILES string of the molecule is CCO[C@@H]1C[C@H](NCc2ncccc2O)C12CCC2. The third-order valence-corrected chi connectivity index (χ3v) is 4.82. The maximum absolute atomic E-state index is 9.72. The minimum atomic E-state index is 0.276. The van der Waals surface area contributed by atoms with Crippen LogP contribution in [0.25, 0.3) is 0 Å². The summed E-state index contributed by atoms with van der Waals surface area (Å²) in [4.78, 5) is 4.21. The zero-order chi connectivity index (χ0) is 13.3. The minimum Gasteiger partial charge on any atom is -0.506 e. The van der Waals surface area contributed by atoms with Crippen LogP contribution in [0, 0.1) is 5.41 Å². The van der Waals surface area contributed by atoms with Crippen molar-refractivity contribution in [2.45, 2.75) is 51.3 Å². The molecule has 104 valence electrons. The van der Waals surface area contributed by atoms with E-state index in [0.29, 0.717) is 24.1 Å². The van der Waals surface area contributed by atoms with Crippen LogP contribution in [0.15, 0.2) is 18.3 Å². The van der Waals surface area contributed by atoms with Gasteiger partial charge in [-0.05, 0) is 38.3 Å². The van der Waals surface area contributed by atoms with Gasteiger partial charge in [0.05, 0.1) is 11.8 Å². The second-order valence-corrected chi connectivity index (χ2v) is 5.67. The fraction of sp³-hybridized carbons (Fsp3) is 0.667. The summed E-state index contributed by atoms with van der Waals surface area (Å²) in [7, 11) is 0. The van der Waals surface area contributed by atoms with E-state index in [1.165, 1.54) is 19.3 Å². The van der Waals surface area contributed by atoms with Crippen molar-refractivity contribution in [3.05, 3.63) is 24.0 Å². The Balaban J connectivity index is 1.58. The maximum atomic E-state index is 9.72. The van der Waals surface area contributed by atoms with Crippen LogP contribution in [0.1, 0.15) is 38.3 Å². The molecule has 0 amide bonds. The number of hydrogen-bond acceptors (Lipinski definition) is 4. The van der Waals surface area contributed by atoms with E-state index in [1.807, 2.05) is 0 Å². The van der Waals surface area contributed by atoms with Crippen molar-refractivity contribution in [2.75, 3.05) is 6.61 Å². The zero-order valence-electron chi connectivity index (χ0n) is 11.4. The Labute approximate surface area is 114 Å². The van der Waals surface area contributed by atoms with Crippen molar-refractivity contribution in [2.24, 2.45) is 5.41 Å². The van der Waals surface area contributed by atoms with Crippen molar-refractivity contribution in [1.82, 2.24) is 10.3 Å². The highest BCUT2D eigenvalue weighted by Crippen LogP contribution is 2.57. The third kappa shape index (κ3) is 2.13. The molecule has 0 aliphatic heterocycles. The quantitative estimate of drug-likeness (QED) is 0.854. The predicted molar refractivity (Wildman–Crippen MR) is 72.8 cm³/mol. The Morgan fingerprint density at radius 2 is 2.37 bits per heavy atom. The van der Waals surface area contributed by atoms with Gasteiger partial charge in [-0.15, -0.1) is 0 Å². The number of nitrogens with one attached hydrogen (secondary N) is 1. The highest BCUT2D eigenvalue weighted by atomic mass is 16.5. The van der Waals surface area contributed by atoms with Gasteiger partial charge in [-0.3, -0.25) is 4.98 Å². The number of ether oxygens (including phenoxy) is 1. The normalized spacial score (nSPS) is 27.8. The van der Waals surface area contributed by atoms with Gasteiger partial charge in [-0.25, -0.2) is 0 Å². The minimum absolute atomic E-state index is 0.276. The van der Waals surface area contributed by atoms with Crippen LogP contribution < -0.4 is 5.32 Å². The maximum Gasteiger partial charge on any atom is 0.138 e. The molecule has 1 spiro atoms. The summed E-state index contributed by atoms with van der Waals surface area (Å²) in [5, 5.41) is 13.3. The van der Waals surface area contributed by atoms with Gasteiger partial charge in [-0.1, -0.05) is 6.42 Å². The summed E-state index contributed by atoms with van der Waals surface area (Å²) in [5.41, 5.74) is 1.09. The lowest BCUT2D eigenvalue weighted by molar-refractivity contribution is -0.173. The molecule has 1 aromatic rings. The standard InChI is InChI=1S/C15H22N2O2/c1-2-19-14-9-13(15(14)6-4-7-15)17-10-11-12(18)5-3-8-16-11/h3,5,8,13-14,17-18H,2,4,6-7,9-10H2,1H3/t13-,14+/m0/s1. The average molecular weight is 262 g/mol. The van der Waals surface area contributed by atoms with Gasteiger partial charge in [0.2, 0.25) is 0 Å². The molecule has 0 aromatic carbocycles. The molecule has 2 saturated carbocycles. The number of aromatic nitrogens is 1. The van der Waals surface area contributed by atoms with Gasteiger partial charge in [0.15, 0.2) is 0 Å². The summed E-state index contributed by atoms with van der Waals surface area (Å²) in [5.74, 6) is 0.276. The Bertz CT molecular complexity index is 446. The van der Waals surface area contributed by atoms with Crippen LogP contribution in [0.5, 0.6) is 5.75 Å². The molecule has 2 aliphatic rings. The van der Waals surface area contributed by atoms with Crippen LogP contribution in [-0.2, 0) is 11.3 Å². The Hall–Kier alpha value is -1.13. The highest BCUT2D eigenvalue weighted by Gasteiger charge is 2.58. The molecule has 0 saturated heterocycles. The topological polar surface area (TPSA) is 54.4 Å². The molecule has 2 fully saturated rings. The van der Waals surface area contributed by atoms with E-state index in [2.05, 4.69) is 17.2 Å². The van der Waals surface area contributed by atoms with E-state index in [4.69, 9.17) is 4.74 Å². The highest BCUT2D eigenvalue weighted by molar-refractivity contribution is 5.25. The fourth-order valence-electron chi connectivity index (χ4n) is 3.51. The summed E-state index contributed by atoms with van der Waals surface area (Å²) < 4.78 is 5.84. The van der Waals surface area contributed by atoms with Crippen molar-refractivity contribution in [3.8, 4) is 5.75 Å². The molecule has 1 aromatic heterocycles. The molecule has 3 rings (SSSR count). The molecule has 2 N–H and O–H groups in total. The number of aromatic hydroxyl groups is 1.